The number of nitrogens with one attached hydrogen (secondary N) is 2. The molecule has 0 aliphatic heterocycles. The molecule has 6 heteroatoms. The molecule has 1 atom stereocenters. The molecule has 21 heavy (non-hydrogen) atoms. The van der Waals surface area contributed by atoms with Gasteiger partial charge in [0.05, 0.1) is 0 Å². The predicted octanol–water partition coefficient (Wildman–Crippen LogP) is 2.30. The highest BCUT2D eigenvalue weighted by Crippen LogP contribution is 2.16. The van der Waals surface area contributed by atoms with Gasteiger partial charge >= 0.3 is 12.0 Å². The van der Waals surface area contributed by atoms with E-state index in [1.165, 1.54) is 0 Å². The molecule has 0 saturated carbocycles. The number of aliphatic carboxylic acids is 1. The van der Waals surface area contributed by atoms with Crippen molar-refractivity contribution >= 4 is 17.7 Å². The van der Waals surface area contributed by atoms with Crippen LogP contribution in [0.1, 0.15) is 24.0 Å². The van der Waals surface area contributed by atoms with Crippen molar-refractivity contribution in [2.45, 2.75) is 32.7 Å². The lowest BCUT2D eigenvalue weighted by molar-refractivity contribution is -0.139. The normalized spacial score (nSPS) is 11.8. The first-order valence-electron chi connectivity index (χ1n) is 6.80. The van der Waals surface area contributed by atoms with Gasteiger partial charge in [-0.3, -0.25) is 0 Å². The first-order chi connectivity index (χ1) is 9.93. The van der Waals surface area contributed by atoms with Crippen LogP contribution in [0, 0.1) is 13.8 Å². The summed E-state index contributed by atoms with van der Waals surface area (Å²) >= 11 is 0. The first kappa shape index (κ1) is 17.0. The van der Waals surface area contributed by atoms with E-state index in [0.717, 1.165) is 11.1 Å². The summed E-state index contributed by atoms with van der Waals surface area (Å²) in [7, 11) is 1.55. The van der Waals surface area contributed by atoms with Gasteiger partial charge in [-0.1, -0.05) is 12.1 Å². The minimum atomic E-state index is -1.05. The summed E-state index contributed by atoms with van der Waals surface area (Å²) < 4.78 is 4.88. The number of carbonyl (C=O) groups is 2. The van der Waals surface area contributed by atoms with Crippen molar-refractivity contribution in [3.63, 3.8) is 0 Å². The molecule has 0 radical (unpaired) electrons. The van der Waals surface area contributed by atoms with Crippen LogP contribution >= 0.6 is 0 Å². The number of amides is 2. The zero-order chi connectivity index (χ0) is 15.8. The van der Waals surface area contributed by atoms with E-state index in [1.807, 2.05) is 32.0 Å². The van der Waals surface area contributed by atoms with Crippen LogP contribution in [0.2, 0.25) is 0 Å². The molecule has 0 saturated heterocycles. The molecule has 1 aromatic rings. The van der Waals surface area contributed by atoms with Gasteiger partial charge in [-0.05, 0) is 43.9 Å². The fourth-order valence-electron chi connectivity index (χ4n) is 1.88. The minimum Gasteiger partial charge on any atom is -0.480 e. The zero-order valence-electron chi connectivity index (χ0n) is 12.6. The van der Waals surface area contributed by atoms with E-state index in [0.29, 0.717) is 25.1 Å². The smallest absolute Gasteiger partial charge is 0.326 e. The van der Waals surface area contributed by atoms with Gasteiger partial charge in [0.15, 0.2) is 0 Å². The van der Waals surface area contributed by atoms with Crippen molar-refractivity contribution in [1.29, 1.82) is 0 Å². The molecule has 1 aromatic carbocycles. The van der Waals surface area contributed by atoms with E-state index in [9.17, 15) is 9.59 Å². The molecule has 0 aliphatic rings. The van der Waals surface area contributed by atoms with Gasteiger partial charge in [-0.2, -0.15) is 0 Å². The van der Waals surface area contributed by atoms with Crippen LogP contribution in [0.25, 0.3) is 0 Å². The molecule has 0 bridgehead atoms. The molecule has 1 unspecified atom stereocenters. The summed E-state index contributed by atoms with van der Waals surface area (Å²) in [6.45, 7) is 4.26. The van der Waals surface area contributed by atoms with Crippen LogP contribution in [-0.4, -0.2) is 36.9 Å². The summed E-state index contributed by atoms with van der Waals surface area (Å²) in [5.41, 5.74) is 2.61. The van der Waals surface area contributed by atoms with Gasteiger partial charge in [-0.25, -0.2) is 9.59 Å². The maximum atomic E-state index is 11.9. The number of anilines is 1. The Hall–Kier alpha value is -2.08. The molecule has 1 rings (SSSR count). The van der Waals surface area contributed by atoms with E-state index < -0.39 is 18.0 Å². The van der Waals surface area contributed by atoms with Crippen LogP contribution in [0.15, 0.2) is 18.2 Å². The predicted molar refractivity (Wildman–Crippen MR) is 80.6 cm³/mol. The highest BCUT2D eigenvalue weighted by molar-refractivity contribution is 5.92. The molecule has 0 spiro atoms. The molecule has 0 aromatic heterocycles. The quantitative estimate of drug-likeness (QED) is 0.673. The second kappa shape index (κ2) is 8.26. The summed E-state index contributed by atoms with van der Waals surface area (Å²) in [6.07, 6.45) is 0.889. The Morgan fingerprint density at radius 1 is 1.33 bits per heavy atom. The lowest BCUT2D eigenvalue weighted by atomic mass is 10.1. The molecule has 2 amide bonds. The fraction of sp³-hybridized carbons (Fsp3) is 0.467. The van der Waals surface area contributed by atoms with Crippen molar-refractivity contribution in [3.8, 4) is 0 Å². The van der Waals surface area contributed by atoms with Crippen molar-refractivity contribution < 1.29 is 19.4 Å². The van der Waals surface area contributed by atoms with E-state index in [1.54, 1.807) is 7.11 Å². The van der Waals surface area contributed by atoms with Crippen LogP contribution in [0.4, 0.5) is 10.5 Å². The fourth-order valence-corrected chi connectivity index (χ4v) is 1.88. The minimum absolute atomic E-state index is 0.323. The number of urea groups is 1. The van der Waals surface area contributed by atoms with Crippen molar-refractivity contribution in [3.05, 3.63) is 29.3 Å². The number of aryl methyl sites for hydroxylation is 2. The lowest BCUT2D eigenvalue weighted by Crippen LogP contribution is -2.43. The van der Waals surface area contributed by atoms with Gasteiger partial charge in [0.1, 0.15) is 6.04 Å². The number of carboxylic acid groups (broad SMARTS) is 1. The maximum Gasteiger partial charge on any atom is 0.326 e. The summed E-state index contributed by atoms with van der Waals surface area (Å²) in [4.78, 5) is 23.0. The number of benzene rings is 1. The van der Waals surface area contributed by atoms with Crippen LogP contribution < -0.4 is 10.6 Å². The second-order valence-electron chi connectivity index (χ2n) is 4.94. The Kier molecular flexibility index (Phi) is 6.68. The summed E-state index contributed by atoms with van der Waals surface area (Å²) in [6, 6.07) is 4.25. The Morgan fingerprint density at radius 3 is 2.67 bits per heavy atom. The van der Waals surface area contributed by atoms with E-state index in [2.05, 4.69) is 10.6 Å². The molecule has 116 valence electrons. The third kappa shape index (κ3) is 5.83. The molecule has 0 fully saturated rings. The molecule has 0 heterocycles. The van der Waals surface area contributed by atoms with E-state index >= 15 is 0 Å². The molecule has 3 N–H and O–H groups in total. The van der Waals surface area contributed by atoms with Gasteiger partial charge in [0.25, 0.3) is 0 Å². The maximum absolute atomic E-state index is 11.9. The van der Waals surface area contributed by atoms with E-state index in [-0.39, 0.29) is 0 Å². The number of ether oxygens (including phenoxy) is 1. The summed E-state index contributed by atoms with van der Waals surface area (Å²) in [5, 5.41) is 14.3. The Bertz CT molecular complexity index is 502. The van der Waals surface area contributed by atoms with Crippen molar-refractivity contribution in [1.82, 2.24) is 5.32 Å². The highest BCUT2D eigenvalue weighted by Gasteiger charge is 2.19. The third-order valence-electron chi connectivity index (χ3n) is 3.09. The van der Waals surface area contributed by atoms with Gasteiger partial charge in [0, 0.05) is 19.4 Å². The average molecular weight is 294 g/mol. The molecule has 0 aliphatic carbocycles. The van der Waals surface area contributed by atoms with Crippen LogP contribution in [0.3, 0.4) is 0 Å². The molecule has 6 nitrogen and oxygen atoms in total. The summed E-state index contributed by atoms with van der Waals surface area (Å²) in [5.74, 6) is -1.05. The molecular weight excluding hydrogens is 272 g/mol. The zero-order valence-corrected chi connectivity index (χ0v) is 12.6. The topological polar surface area (TPSA) is 87.7 Å². The number of hydrogen-bond donors (Lipinski definition) is 3. The van der Waals surface area contributed by atoms with Gasteiger partial charge in [0.2, 0.25) is 0 Å². The standard InChI is InChI=1S/C15H22N2O4/c1-10-6-7-11(2)13(9-10)17-15(20)16-12(14(18)19)5-4-8-21-3/h6-7,9,12H,4-5,8H2,1-3H3,(H,18,19)(H2,16,17,20). The SMILES string of the molecule is COCCCC(NC(=O)Nc1cc(C)ccc1C)C(=O)O. The van der Waals surface area contributed by atoms with Crippen molar-refractivity contribution in [2.24, 2.45) is 0 Å². The number of methoxy groups -OCH3 is 1. The molecular formula is C15H22N2O4. The first-order valence-corrected chi connectivity index (χ1v) is 6.80. The third-order valence-corrected chi connectivity index (χ3v) is 3.09. The van der Waals surface area contributed by atoms with Crippen molar-refractivity contribution in [2.75, 3.05) is 19.0 Å². The van der Waals surface area contributed by atoms with E-state index in [4.69, 9.17) is 9.84 Å². The Morgan fingerprint density at radius 2 is 2.05 bits per heavy atom. The second-order valence-corrected chi connectivity index (χ2v) is 4.94. The number of carbonyl (C=O) groups excluding carboxylic acids is 1. The number of rotatable bonds is 7. The van der Waals surface area contributed by atoms with Gasteiger partial charge in [-0.15, -0.1) is 0 Å². The number of hydrogen-bond acceptors (Lipinski definition) is 3. The van der Waals surface area contributed by atoms with Gasteiger partial charge < -0.3 is 20.5 Å². The average Bonchev–Trinajstić information content (AvgIpc) is 2.42. The lowest BCUT2D eigenvalue weighted by Gasteiger charge is -2.16. The largest absolute Gasteiger partial charge is 0.480 e. The monoisotopic (exact) mass is 294 g/mol. The van der Waals surface area contributed by atoms with Crippen LogP contribution in [0.5, 0.6) is 0 Å². The Labute approximate surface area is 124 Å². The highest BCUT2D eigenvalue weighted by atomic mass is 16.5. The Balaban J connectivity index is 2.61. The van der Waals surface area contributed by atoms with Crippen LogP contribution in [-0.2, 0) is 9.53 Å². The number of carboxylic acids is 1.